The van der Waals surface area contributed by atoms with Gasteiger partial charge in [-0.15, -0.1) is 0 Å². The quantitative estimate of drug-likeness (QED) is 0.363. The van der Waals surface area contributed by atoms with E-state index in [9.17, 15) is 14.4 Å². The molecule has 5 atom stereocenters. The minimum absolute atomic E-state index is 0.0874. The average Bonchev–Trinajstić information content (AvgIpc) is 2.76. The highest BCUT2D eigenvalue weighted by molar-refractivity contribution is 5.84. The van der Waals surface area contributed by atoms with Gasteiger partial charge in [0.05, 0.1) is 18.2 Å². The molecule has 36 heavy (non-hydrogen) atoms. The van der Waals surface area contributed by atoms with Gasteiger partial charge in [0.2, 0.25) is 0 Å². The minimum atomic E-state index is -1.16. The smallest absolute Gasteiger partial charge is 0.408 e. The van der Waals surface area contributed by atoms with Crippen molar-refractivity contribution in [1.82, 2.24) is 5.32 Å². The van der Waals surface area contributed by atoms with E-state index in [1.54, 1.807) is 34.6 Å². The summed E-state index contributed by atoms with van der Waals surface area (Å²) in [5.41, 5.74) is 6.51. The largest absolute Gasteiger partial charge is 0.480 e. The van der Waals surface area contributed by atoms with Crippen molar-refractivity contribution in [2.75, 3.05) is 13.2 Å². The molecule has 0 radical (unpaired) electrons. The van der Waals surface area contributed by atoms with E-state index in [-0.39, 0.29) is 11.9 Å². The summed E-state index contributed by atoms with van der Waals surface area (Å²) in [7, 11) is 0. The summed E-state index contributed by atoms with van der Waals surface area (Å²) in [5.74, 6) is -0.768. The zero-order valence-electron chi connectivity index (χ0n) is 23.1. The van der Waals surface area contributed by atoms with Crippen molar-refractivity contribution < 1.29 is 33.7 Å². The molecule has 1 amide bonds. The van der Waals surface area contributed by atoms with E-state index < -0.39 is 35.9 Å². The zero-order valence-corrected chi connectivity index (χ0v) is 23.1. The number of rotatable bonds is 13. The lowest BCUT2D eigenvalue weighted by atomic mass is 9.93. The Morgan fingerprint density at radius 1 is 0.972 bits per heavy atom. The zero-order chi connectivity index (χ0) is 27.9. The number of ether oxygens (including phenoxy) is 3. The molecule has 0 bridgehead atoms. The normalized spacial score (nSPS) is 15.4. The number of hydrogen-bond acceptors (Lipinski definition) is 7. The van der Waals surface area contributed by atoms with Gasteiger partial charge >= 0.3 is 12.1 Å². The number of Topliss-reactive ketones (excluding diaryl/α,β-unsaturated/α-hetero) is 1. The SMILES string of the molecule is CCOC(C)C(N)C(=O)CC(C)Cc1ccccc1.CCOC(C)C(NC(=O)OC(C)(C)C)C(=O)O. The van der Waals surface area contributed by atoms with Gasteiger partial charge in [-0.2, -0.15) is 0 Å². The Kier molecular flexibility index (Phi) is 15.9. The minimum Gasteiger partial charge on any atom is -0.480 e. The summed E-state index contributed by atoms with van der Waals surface area (Å²) >= 11 is 0. The maximum atomic E-state index is 12.1. The molecule has 1 aromatic rings. The topological polar surface area (TPSA) is 137 Å². The summed E-state index contributed by atoms with van der Waals surface area (Å²) in [6, 6.07) is 8.58. The van der Waals surface area contributed by atoms with E-state index in [4.69, 9.17) is 25.1 Å². The molecular formula is C27H46N2O7. The lowest BCUT2D eigenvalue weighted by molar-refractivity contribution is -0.143. The predicted octanol–water partition coefficient (Wildman–Crippen LogP) is 3.97. The second-order valence-corrected chi connectivity index (χ2v) is 9.77. The van der Waals surface area contributed by atoms with Crippen molar-refractivity contribution in [2.45, 2.75) is 98.1 Å². The number of hydrogen-bond donors (Lipinski definition) is 3. The van der Waals surface area contributed by atoms with Crippen LogP contribution in [0, 0.1) is 5.92 Å². The van der Waals surface area contributed by atoms with Gasteiger partial charge in [-0.25, -0.2) is 9.59 Å². The van der Waals surface area contributed by atoms with Crippen molar-refractivity contribution in [2.24, 2.45) is 11.7 Å². The van der Waals surface area contributed by atoms with Gasteiger partial charge in [0.25, 0.3) is 0 Å². The highest BCUT2D eigenvalue weighted by atomic mass is 16.6. The van der Waals surface area contributed by atoms with Crippen molar-refractivity contribution in [3.63, 3.8) is 0 Å². The highest BCUT2D eigenvalue weighted by Crippen LogP contribution is 2.14. The number of benzene rings is 1. The Hall–Kier alpha value is -2.49. The third kappa shape index (κ3) is 14.8. The number of amides is 1. The van der Waals surface area contributed by atoms with E-state index in [0.717, 1.165) is 6.42 Å². The van der Waals surface area contributed by atoms with Gasteiger partial charge in [-0.1, -0.05) is 37.3 Å². The van der Waals surface area contributed by atoms with E-state index in [2.05, 4.69) is 24.4 Å². The Morgan fingerprint density at radius 2 is 1.50 bits per heavy atom. The molecule has 9 heteroatoms. The van der Waals surface area contributed by atoms with Crippen LogP contribution >= 0.6 is 0 Å². The Labute approximate surface area is 216 Å². The van der Waals surface area contributed by atoms with E-state index in [0.29, 0.717) is 25.6 Å². The number of alkyl carbamates (subject to hydrolysis) is 1. The molecule has 4 N–H and O–H groups in total. The van der Waals surface area contributed by atoms with Gasteiger partial charge < -0.3 is 30.4 Å². The third-order valence-corrected chi connectivity index (χ3v) is 5.12. The van der Waals surface area contributed by atoms with E-state index >= 15 is 0 Å². The first-order chi connectivity index (χ1) is 16.7. The van der Waals surface area contributed by atoms with E-state index in [1.165, 1.54) is 5.56 Å². The molecule has 0 aliphatic carbocycles. The van der Waals surface area contributed by atoms with Gasteiger partial charge in [0, 0.05) is 19.6 Å². The fraction of sp³-hybridized carbons (Fsp3) is 0.667. The number of carbonyl (C=O) groups is 3. The summed E-state index contributed by atoms with van der Waals surface area (Å²) in [5, 5.41) is 11.2. The fourth-order valence-corrected chi connectivity index (χ4v) is 3.37. The van der Waals surface area contributed by atoms with Crippen LogP contribution in [0.15, 0.2) is 30.3 Å². The van der Waals surface area contributed by atoms with Crippen molar-refractivity contribution >= 4 is 17.8 Å². The molecule has 5 unspecified atom stereocenters. The first-order valence-electron chi connectivity index (χ1n) is 12.5. The summed E-state index contributed by atoms with van der Waals surface area (Å²) in [6.07, 6.45) is -0.182. The van der Waals surface area contributed by atoms with Gasteiger partial charge in [-0.3, -0.25) is 4.79 Å². The Morgan fingerprint density at radius 3 is 1.97 bits per heavy atom. The number of carbonyl (C=O) groups excluding carboxylic acids is 2. The van der Waals surface area contributed by atoms with Crippen LogP contribution in [0.4, 0.5) is 4.79 Å². The molecule has 0 fully saturated rings. The Balaban J connectivity index is 0.000000686. The second-order valence-electron chi connectivity index (χ2n) is 9.77. The molecule has 0 aliphatic heterocycles. The van der Waals surface area contributed by atoms with Gasteiger partial charge in [0.1, 0.15) is 5.60 Å². The number of ketones is 1. The fourth-order valence-electron chi connectivity index (χ4n) is 3.37. The number of nitrogens with one attached hydrogen (secondary N) is 1. The average molecular weight is 511 g/mol. The summed E-state index contributed by atoms with van der Waals surface area (Å²) in [4.78, 5) is 34.5. The van der Waals surface area contributed by atoms with Crippen LogP contribution in [0.2, 0.25) is 0 Å². The lowest BCUT2D eigenvalue weighted by Crippen LogP contribution is -2.50. The standard InChI is InChI=1S/C16H25NO2.C11H21NO5/c1-4-19-13(3)16(17)15(18)11-12(2)10-14-8-6-5-7-9-14;1-6-16-7(2)8(9(13)14)12-10(15)17-11(3,4)5/h5-9,12-13,16H,4,10-11,17H2,1-3H3;7-8H,6H2,1-5H3,(H,12,15)(H,13,14). The van der Waals surface area contributed by atoms with Crippen molar-refractivity contribution in [3.05, 3.63) is 35.9 Å². The predicted molar refractivity (Wildman–Crippen MR) is 140 cm³/mol. The van der Waals surface area contributed by atoms with Crippen LogP contribution in [0.25, 0.3) is 0 Å². The van der Waals surface area contributed by atoms with Crippen LogP contribution in [-0.4, -0.2) is 66.1 Å². The third-order valence-electron chi connectivity index (χ3n) is 5.12. The summed E-state index contributed by atoms with van der Waals surface area (Å²) < 4.78 is 15.5. The molecule has 0 aliphatic rings. The first kappa shape index (κ1) is 33.5. The van der Waals surface area contributed by atoms with Crippen LogP contribution in [0.5, 0.6) is 0 Å². The Bertz CT molecular complexity index is 780. The molecule has 0 spiro atoms. The number of carboxylic acid groups (broad SMARTS) is 1. The maximum absolute atomic E-state index is 12.1. The lowest BCUT2D eigenvalue weighted by Gasteiger charge is -2.24. The molecule has 0 heterocycles. The van der Waals surface area contributed by atoms with Crippen LogP contribution in [0.3, 0.4) is 0 Å². The molecule has 206 valence electrons. The van der Waals surface area contributed by atoms with Crippen molar-refractivity contribution in [1.29, 1.82) is 0 Å². The van der Waals surface area contributed by atoms with Crippen molar-refractivity contribution in [3.8, 4) is 0 Å². The second kappa shape index (κ2) is 17.1. The van der Waals surface area contributed by atoms with Gasteiger partial charge in [-0.05, 0) is 66.4 Å². The molecule has 1 aromatic carbocycles. The molecule has 0 saturated carbocycles. The van der Waals surface area contributed by atoms with Crippen LogP contribution in [-0.2, 0) is 30.2 Å². The van der Waals surface area contributed by atoms with Crippen LogP contribution in [0.1, 0.15) is 67.4 Å². The van der Waals surface area contributed by atoms with E-state index in [1.807, 2.05) is 32.0 Å². The first-order valence-corrected chi connectivity index (χ1v) is 12.5. The molecule has 0 saturated heterocycles. The number of aliphatic carboxylic acids is 1. The number of nitrogens with two attached hydrogens (primary N) is 1. The molecule has 0 aromatic heterocycles. The summed E-state index contributed by atoms with van der Waals surface area (Å²) in [6.45, 7) is 15.3. The maximum Gasteiger partial charge on any atom is 0.408 e. The monoisotopic (exact) mass is 510 g/mol. The van der Waals surface area contributed by atoms with Gasteiger partial charge in [0.15, 0.2) is 11.8 Å². The highest BCUT2D eigenvalue weighted by Gasteiger charge is 2.29. The molecular weight excluding hydrogens is 464 g/mol. The molecule has 9 nitrogen and oxygen atoms in total. The molecule has 1 rings (SSSR count). The number of carboxylic acids is 1. The van der Waals surface area contributed by atoms with Crippen LogP contribution < -0.4 is 11.1 Å².